The first-order chi connectivity index (χ1) is 11.3. The molecule has 7 nitrogen and oxygen atoms in total. The van der Waals surface area contributed by atoms with E-state index < -0.39 is 17.5 Å². The summed E-state index contributed by atoms with van der Waals surface area (Å²) < 4.78 is 37.8. The van der Waals surface area contributed by atoms with Gasteiger partial charge < -0.3 is 15.1 Å². The molecule has 0 radical (unpaired) electrons. The topological polar surface area (TPSA) is 82.6 Å². The maximum Gasteiger partial charge on any atom is 0.432 e. The van der Waals surface area contributed by atoms with Gasteiger partial charge in [-0.1, -0.05) is 5.16 Å². The zero-order valence-corrected chi connectivity index (χ0v) is 13.1. The second-order valence-electron chi connectivity index (χ2n) is 6.12. The smallest absolute Gasteiger partial charge is 0.387 e. The van der Waals surface area contributed by atoms with Crippen LogP contribution in [0.15, 0.2) is 11.4 Å². The largest absolute Gasteiger partial charge is 0.432 e. The lowest BCUT2D eigenvalue weighted by Gasteiger charge is -2.37. The molecule has 2 N–H and O–H groups in total. The summed E-state index contributed by atoms with van der Waals surface area (Å²) >= 11 is 0. The maximum absolute atomic E-state index is 12.6. The number of hydrogen-bond donors (Lipinski definition) is 2. The van der Waals surface area contributed by atoms with Gasteiger partial charge >= 0.3 is 6.18 Å². The molecule has 0 unspecified atom stereocenters. The van der Waals surface area contributed by atoms with E-state index in [4.69, 9.17) is 4.84 Å². The van der Waals surface area contributed by atoms with Gasteiger partial charge in [0.1, 0.15) is 17.2 Å². The summed E-state index contributed by atoms with van der Waals surface area (Å²) in [5.74, 6) is -0.0188. The number of piperidine rings is 1. The summed E-state index contributed by atoms with van der Waals surface area (Å²) in [6.45, 7) is 1.47. The first-order valence-electron chi connectivity index (χ1n) is 7.62. The van der Waals surface area contributed by atoms with Crippen molar-refractivity contribution in [2.24, 2.45) is 5.16 Å². The molecule has 0 aromatic carbocycles. The molecule has 0 aliphatic carbocycles. The van der Waals surface area contributed by atoms with Crippen LogP contribution in [0.5, 0.6) is 0 Å². The number of nitrogens with one attached hydrogen (secondary N) is 2. The van der Waals surface area contributed by atoms with Gasteiger partial charge in [-0.25, -0.2) is 4.98 Å². The molecule has 3 heterocycles. The van der Waals surface area contributed by atoms with E-state index in [0.29, 0.717) is 18.7 Å². The van der Waals surface area contributed by atoms with Crippen molar-refractivity contribution in [2.75, 3.05) is 20.1 Å². The Kier molecular flexibility index (Phi) is 4.24. The number of aromatic amines is 1. The average Bonchev–Trinajstić information content (AvgIpc) is 3.14. The highest BCUT2D eigenvalue weighted by molar-refractivity contribution is 6.39. The minimum absolute atomic E-state index is 0.254. The maximum atomic E-state index is 12.6. The van der Waals surface area contributed by atoms with E-state index in [1.165, 1.54) is 7.05 Å². The highest BCUT2D eigenvalue weighted by Crippen LogP contribution is 2.34. The zero-order valence-electron chi connectivity index (χ0n) is 13.1. The molecular formula is C14H18F3N5O2. The van der Waals surface area contributed by atoms with Crippen molar-refractivity contribution in [3.63, 3.8) is 0 Å². The minimum atomic E-state index is -4.43. The first-order valence-corrected chi connectivity index (χ1v) is 7.62. The van der Waals surface area contributed by atoms with Crippen molar-refractivity contribution in [2.45, 2.75) is 37.6 Å². The van der Waals surface area contributed by atoms with Crippen molar-refractivity contribution in [3.05, 3.63) is 17.7 Å². The molecule has 0 bridgehead atoms. The average molecular weight is 345 g/mol. The van der Waals surface area contributed by atoms with E-state index in [9.17, 15) is 18.0 Å². The normalized spacial score (nSPS) is 24.8. The molecule has 1 aromatic rings. The second kappa shape index (κ2) is 6.08. The van der Waals surface area contributed by atoms with E-state index in [1.807, 2.05) is 4.90 Å². The number of aromatic nitrogens is 2. The molecule has 1 amide bonds. The van der Waals surface area contributed by atoms with Gasteiger partial charge in [-0.05, 0) is 19.4 Å². The van der Waals surface area contributed by atoms with Crippen molar-refractivity contribution in [3.8, 4) is 0 Å². The fourth-order valence-corrected chi connectivity index (χ4v) is 3.13. The molecule has 2 aliphatic heterocycles. The van der Waals surface area contributed by atoms with Crippen molar-refractivity contribution < 1.29 is 22.8 Å². The van der Waals surface area contributed by atoms with Crippen molar-refractivity contribution in [1.82, 2.24) is 20.2 Å². The predicted octanol–water partition coefficient (Wildman–Crippen LogP) is 1.29. The fraction of sp³-hybridized carbons (Fsp3) is 0.643. The van der Waals surface area contributed by atoms with Crippen LogP contribution in [-0.4, -0.2) is 52.2 Å². The summed E-state index contributed by atoms with van der Waals surface area (Å²) in [5, 5.41) is 6.38. The number of alkyl halides is 3. The van der Waals surface area contributed by atoms with E-state index in [-0.39, 0.29) is 18.3 Å². The number of rotatable bonds is 3. The Labute approximate surface area is 136 Å². The lowest BCUT2D eigenvalue weighted by Crippen LogP contribution is -2.48. The highest BCUT2D eigenvalue weighted by atomic mass is 19.4. The van der Waals surface area contributed by atoms with Gasteiger partial charge in [0.2, 0.25) is 0 Å². The van der Waals surface area contributed by atoms with Crippen LogP contribution in [0.1, 0.15) is 30.8 Å². The van der Waals surface area contributed by atoms with Gasteiger partial charge in [-0.2, -0.15) is 13.2 Å². The van der Waals surface area contributed by atoms with Gasteiger partial charge in [-0.15, -0.1) is 0 Å². The Bertz CT molecular complexity index is 657. The lowest BCUT2D eigenvalue weighted by molar-refractivity contribution is -0.141. The summed E-state index contributed by atoms with van der Waals surface area (Å²) in [5.41, 5.74) is -1.09. The van der Waals surface area contributed by atoms with Crippen LogP contribution in [0, 0.1) is 0 Å². The van der Waals surface area contributed by atoms with E-state index >= 15 is 0 Å². The molecule has 3 rings (SSSR count). The third-order valence-corrected chi connectivity index (χ3v) is 4.25. The predicted molar refractivity (Wildman–Crippen MR) is 78.0 cm³/mol. The van der Waals surface area contributed by atoms with Crippen molar-refractivity contribution in [1.29, 1.82) is 0 Å². The molecule has 0 saturated carbocycles. The molecule has 2 aliphatic rings. The van der Waals surface area contributed by atoms with Crippen LogP contribution in [0.3, 0.4) is 0 Å². The number of H-pyrrole nitrogens is 1. The van der Waals surface area contributed by atoms with Crippen LogP contribution < -0.4 is 5.32 Å². The summed E-state index contributed by atoms with van der Waals surface area (Å²) in [7, 11) is 1.53. The van der Waals surface area contributed by atoms with Crippen LogP contribution >= 0.6 is 0 Å². The number of carbonyl (C=O) groups excluding carboxylic acids is 1. The Hall–Kier alpha value is -2.10. The monoisotopic (exact) mass is 345 g/mol. The quantitative estimate of drug-likeness (QED) is 0.865. The molecule has 1 spiro atoms. The molecule has 10 heteroatoms. The van der Waals surface area contributed by atoms with Gasteiger partial charge in [-0.3, -0.25) is 9.69 Å². The molecule has 24 heavy (non-hydrogen) atoms. The van der Waals surface area contributed by atoms with E-state index in [1.54, 1.807) is 0 Å². The zero-order chi connectivity index (χ0) is 17.4. The molecular weight excluding hydrogens is 327 g/mol. The standard InChI is InChI=1S/C14H18F3N5O2/c1-18-12(23)9-5-13(24-21-9)3-2-4-22(8-13)7-11-19-6-10(20-11)14(15,16)17/h6H,2-5,7-8H2,1H3,(H,18,23)(H,19,20)/t13-/m0/s1. The third kappa shape index (κ3) is 3.37. The number of likely N-dealkylation sites (tertiary alicyclic amines) is 1. The number of amides is 1. The second-order valence-corrected chi connectivity index (χ2v) is 6.12. The van der Waals surface area contributed by atoms with E-state index in [0.717, 1.165) is 25.6 Å². The Balaban J connectivity index is 1.63. The number of hydrogen-bond acceptors (Lipinski definition) is 5. The van der Waals surface area contributed by atoms with E-state index in [2.05, 4.69) is 20.4 Å². The van der Waals surface area contributed by atoms with Gasteiger partial charge in [0.05, 0.1) is 12.7 Å². The van der Waals surface area contributed by atoms with Gasteiger partial charge in [0, 0.05) is 20.0 Å². The Morgan fingerprint density at radius 1 is 1.54 bits per heavy atom. The number of nitrogens with zero attached hydrogens (tertiary/aromatic N) is 3. The van der Waals surface area contributed by atoms with Crippen molar-refractivity contribution >= 4 is 11.6 Å². The molecule has 1 aromatic heterocycles. The van der Waals surface area contributed by atoms with Gasteiger partial charge in [0.25, 0.3) is 5.91 Å². The molecule has 1 saturated heterocycles. The number of imidazole rings is 1. The Morgan fingerprint density at radius 3 is 3.00 bits per heavy atom. The minimum Gasteiger partial charge on any atom is -0.387 e. The van der Waals surface area contributed by atoms with Crippen LogP contribution in [0.4, 0.5) is 13.2 Å². The summed E-state index contributed by atoms with van der Waals surface area (Å²) in [6, 6.07) is 0. The number of halogens is 3. The Morgan fingerprint density at radius 2 is 2.33 bits per heavy atom. The molecule has 1 fully saturated rings. The summed E-state index contributed by atoms with van der Waals surface area (Å²) in [4.78, 5) is 25.2. The van der Waals surface area contributed by atoms with Crippen LogP contribution in [-0.2, 0) is 22.4 Å². The SMILES string of the molecule is CNC(=O)C1=NO[C@@]2(CCCN(Cc3ncc(C(F)(F)F)[nH]3)C2)C1. The first kappa shape index (κ1) is 16.7. The molecule has 132 valence electrons. The number of carbonyl (C=O) groups is 1. The highest BCUT2D eigenvalue weighted by Gasteiger charge is 2.44. The van der Waals surface area contributed by atoms with Crippen LogP contribution in [0.2, 0.25) is 0 Å². The molecule has 1 atom stereocenters. The summed E-state index contributed by atoms with van der Waals surface area (Å²) in [6.07, 6.45) is -1.68. The number of oxime groups is 1. The van der Waals surface area contributed by atoms with Crippen LogP contribution in [0.25, 0.3) is 0 Å². The van der Waals surface area contributed by atoms with Gasteiger partial charge in [0.15, 0.2) is 5.60 Å². The third-order valence-electron chi connectivity index (χ3n) is 4.25. The fourth-order valence-electron chi connectivity index (χ4n) is 3.13. The lowest BCUT2D eigenvalue weighted by atomic mass is 9.88.